The van der Waals surface area contributed by atoms with E-state index in [2.05, 4.69) is 80.9 Å². The fourth-order valence-corrected chi connectivity index (χ4v) is 75.2. The molecule has 33 aliphatic rings. The monoisotopic (exact) mass is 1560 g/mol. The Labute approximate surface area is 667 Å². The van der Waals surface area contributed by atoms with E-state index in [1.165, 1.54) is 0 Å². The summed E-state index contributed by atoms with van der Waals surface area (Å²) in [5, 5.41) is 7.76. The summed E-state index contributed by atoms with van der Waals surface area (Å²) in [6, 6.07) is 13.9. The molecular formula is C102H154P4Si2. The van der Waals surface area contributed by atoms with Crippen molar-refractivity contribution in [3.05, 3.63) is 47.2 Å². The molecule has 1 unspecified atom stereocenters. The standard InChI is InChI=1S/C102H154P4Si2/c1-107(2,3)91-60-92(62-103(94-36-66-12-67(37-94)14-68(13-66)38-94)95-39-69-15-70(40-95)17-71(16-69)41-95,63-104(96-42-72-18-73(43-96)20-74(19-72)44-96)97-45-75-21-76(46-97)23-77(22-75)47-97)93(61-102(91,108(4,5)6)90-10-8-7-9-11-90,64-105(98-48-78-24-79(49-98)26-80(25-78)50-98)99-51-81-27-82(52-99)29-83(28-81)53-99)65-106(100-54-84-30-85(55-100)32-86(31-84)56-100)101-57-87-33-88(58-101)35-89(34-87)59-101/h7-11,60,66-89H,12-59,61-65H2,1-6H3. The molecule has 0 aromatic heterocycles. The van der Waals surface area contributed by atoms with Crippen LogP contribution in [0.5, 0.6) is 0 Å². The highest BCUT2D eigenvalue weighted by Crippen LogP contribution is 2.91. The van der Waals surface area contributed by atoms with Crippen LogP contribution >= 0.6 is 31.7 Å². The Balaban J connectivity index is 0.810. The fourth-order valence-electron chi connectivity index (χ4n) is 44.9. The molecule has 0 N–H and O–H groups in total. The zero-order chi connectivity index (χ0) is 71.5. The van der Waals surface area contributed by atoms with Crippen molar-refractivity contribution in [1.29, 1.82) is 0 Å². The quantitative estimate of drug-likeness (QED) is 0.0957. The van der Waals surface area contributed by atoms with E-state index >= 15 is 0 Å². The first-order valence-corrected chi connectivity index (χ1v) is 62.9. The van der Waals surface area contributed by atoms with Gasteiger partial charge in [0.25, 0.3) is 0 Å². The van der Waals surface area contributed by atoms with Crippen LogP contribution in [0.1, 0.15) is 320 Å². The van der Waals surface area contributed by atoms with Crippen molar-refractivity contribution in [1.82, 2.24) is 0 Å². The molecule has 0 heterocycles. The highest BCUT2D eigenvalue weighted by Gasteiger charge is 2.77. The van der Waals surface area contributed by atoms with Gasteiger partial charge in [0.15, 0.2) is 0 Å². The van der Waals surface area contributed by atoms with Gasteiger partial charge in [0, 0.05) is 10.5 Å². The van der Waals surface area contributed by atoms with E-state index in [4.69, 9.17) is 0 Å². The zero-order valence-corrected chi connectivity index (χ0v) is 75.7. The number of rotatable bonds is 19. The van der Waals surface area contributed by atoms with E-state index in [-0.39, 0.29) is 36.7 Å². The lowest BCUT2D eigenvalue weighted by Gasteiger charge is -2.75. The Bertz CT molecular complexity index is 3130. The molecule has 33 aliphatic carbocycles. The van der Waals surface area contributed by atoms with E-state index in [1.807, 2.05) is 30.2 Å². The summed E-state index contributed by atoms with van der Waals surface area (Å²) >= 11 is 0. The van der Waals surface area contributed by atoms with Gasteiger partial charge in [-0.2, -0.15) is 0 Å². The molecule has 108 heavy (non-hydrogen) atoms. The molecular weight excluding hydrogens is 1410 g/mol. The average Bonchev–Trinajstić information content (AvgIpc) is 0.666. The van der Waals surface area contributed by atoms with Crippen LogP contribution < -0.4 is 0 Å². The Morgan fingerprint density at radius 2 is 0.426 bits per heavy atom. The summed E-state index contributed by atoms with van der Waals surface area (Å²) in [6.45, 7) is 18.8. The lowest BCUT2D eigenvalue weighted by Crippen LogP contribution is -2.69. The summed E-state index contributed by atoms with van der Waals surface area (Å²) < 4.78 is 0. The van der Waals surface area contributed by atoms with E-state index in [0.29, 0.717) is 52.1 Å². The third kappa shape index (κ3) is 10.4. The molecule has 1 atom stereocenters. The molecule has 590 valence electrons. The maximum absolute atomic E-state index is 4.03. The van der Waals surface area contributed by atoms with Gasteiger partial charge in [-0.3, -0.25) is 0 Å². The summed E-state index contributed by atoms with van der Waals surface area (Å²) in [5.41, 5.74) is 2.61. The molecule has 34 rings (SSSR count). The van der Waals surface area contributed by atoms with Gasteiger partial charge in [-0.25, -0.2) is 0 Å². The van der Waals surface area contributed by atoms with Crippen molar-refractivity contribution in [2.75, 3.05) is 24.6 Å². The highest BCUT2D eigenvalue weighted by molar-refractivity contribution is 7.63. The third-order valence-corrected chi connectivity index (χ3v) is 67.2. The number of benzene rings is 1. The molecule has 0 saturated heterocycles. The molecule has 1 aromatic rings. The van der Waals surface area contributed by atoms with Crippen molar-refractivity contribution < 1.29 is 0 Å². The van der Waals surface area contributed by atoms with Crippen LogP contribution in [0.2, 0.25) is 39.3 Å². The Morgan fingerprint density at radius 1 is 0.250 bits per heavy atom. The lowest BCUT2D eigenvalue weighted by molar-refractivity contribution is 0.0113. The minimum atomic E-state index is -2.17. The SMILES string of the molecule is C[Si](C)(C)C1=CC(CP(C23CC4CC(CC(C4)C2)C3)C23CC4CC(CC(C4)C2)C3)(CP(C23CC4CC(CC(C4)C2)C3)C23CC4CC(CC(C4)C2)C3)C(CP(C23CC4CC(CC(C4)C2)C3)C23CC4CC(CC(C4)C2)C3)(CP(C23CC4CC(CC(C4)C2)C3)C23CC4CC(CC(C4)C2)C3)CC1(c1ccccc1)[Si](C)(C)C. The second-order valence-electron chi connectivity index (χ2n) is 53.4. The van der Waals surface area contributed by atoms with E-state index in [0.717, 1.165) is 142 Å². The maximum Gasteiger partial charge on any atom is 0.0728 e. The molecule has 0 amide bonds. The second kappa shape index (κ2) is 23.8. The highest BCUT2D eigenvalue weighted by atomic mass is 31.1. The summed E-state index contributed by atoms with van der Waals surface area (Å²) in [5.74, 6) is 25.7. The summed E-state index contributed by atoms with van der Waals surface area (Å²) in [6.07, 6.45) is 94.7. The Kier molecular flexibility index (Phi) is 15.7. The maximum atomic E-state index is 4.03. The van der Waals surface area contributed by atoms with Gasteiger partial charge in [0.2, 0.25) is 0 Å². The van der Waals surface area contributed by atoms with Crippen LogP contribution in [0.15, 0.2) is 41.6 Å². The van der Waals surface area contributed by atoms with E-state index in [9.17, 15) is 0 Å². The zero-order valence-electron chi connectivity index (χ0n) is 70.1. The van der Waals surface area contributed by atoms with E-state index < -0.39 is 16.1 Å². The number of allylic oxidation sites excluding steroid dienone is 2. The topological polar surface area (TPSA) is 0 Å². The molecule has 32 fully saturated rings. The molecule has 6 heteroatoms. The predicted molar refractivity (Wildman–Crippen MR) is 467 cm³/mol. The molecule has 32 bridgehead atoms. The fraction of sp³-hybridized carbons (Fsp3) is 0.922. The summed E-state index contributed by atoms with van der Waals surface area (Å²) in [4.78, 5) is 0. The molecule has 0 radical (unpaired) electrons. The smallest absolute Gasteiger partial charge is 0.0728 e. The van der Waals surface area contributed by atoms with Gasteiger partial charge < -0.3 is 0 Å². The minimum absolute atomic E-state index is 0.185. The van der Waals surface area contributed by atoms with Crippen molar-refractivity contribution in [2.24, 2.45) is 153 Å². The molecule has 0 spiro atoms. The summed E-state index contributed by atoms with van der Waals surface area (Å²) in [7, 11) is -5.31. The predicted octanol–water partition coefficient (Wildman–Crippen LogP) is 28.7. The third-order valence-electron chi connectivity index (χ3n) is 44.3. The Hall–Kier alpha value is 1.11. The largest absolute Gasteiger partial charge is 0.0933 e. The first-order valence-electron chi connectivity index (χ1n) is 49.8. The molecule has 0 nitrogen and oxygen atoms in total. The normalized spacial score (nSPS) is 59.0. The van der Waals surface area contributed by atoms with Crippen molar-refractivity contribution >= 4 is 47.8 Å². The lowest BCUT2D eigenvalue weighted by atomic mass is 9.55. The Morgan fingerprint density at radius 3 is 0.593 bits per heavy atom. The van der Waals surface area contributed by atoms with Gasteiger partial charge in [-0.15, -0.1) is 0 Å². The first kappa shape index (κ1) is 70.9. The number of hydrogen-bond donors (Lipinski definition) is 0. The van der Waals surface area contributed by atoms with Crippen LogP contribution in [-0.2, 0) is 5.04 Å². The van der Waals surface area contributed by atoms with Gasteiger partial charge >= 0.3 is 0 Å². The minimum Gasteiger partial charge on any atom is -0.0933 e. The van der Waals surface area contributed by atoms with Gasteiger partial charge in [-0.1, -0.05) is 113 Å². The van der Waals surface area contributed by atoms with Crippen molar-refractivity contribution in [2.45, 2.75) is 400 Å². The van der Waals surface area contributed by atoms with Crippen LogP contribution in [0, 0.1) is 153 Å². The van der Waals surface area contributed by atoms with Crippen molar-refractivity contribution in [3.8, 4) is 0 Å². The van der Waals surface area contributed by atoms with Crippen molar-refractivity contribution in [3.63, 3.8) is 0 Å². The van der Waals surface area contributed by atoms with Crippen LogP contribution in [0.25, 0.3) is 0 Å². The number of hydrogen-bond acceptors (Lipinski definition) is 0. The second-order valence-corrected chi connectivity index (χ2v) is 76.1. The molecule has 32 saturated carbocycles. The van der Waals surface area contributed by atoms with Crippen LogP contribution in [0.3, 0.4) is 0 Å². The first-order chi connectivity index (χ1) is 51.9. The van der Waals surface area contributed by atoms with Crippen LogP contribution in [-0.4, -0.2) is 82.0 Å². The van der Waals surface area contributed by atoms with Crippen LogP contribution in [0.4, 0.5) is 0 Å². The van der Waals surface area contributed by atoms with Gasteiger partial charge in [0.1, 0.15) is 0 Å². The molecule has 1 aromatic carbocycles. The average molecular weight is 1560 g/mol. The van der Waals surface area contributed by atoms with E-state index in [1.54, 1.807) is 315 Å². The molecule has 0 aliphatic heterocycles. The van der Waals surface area contributed by atoms with Gasteiger partial charge in [-0.05, 0) is 534 Å². The van der Waals surface area contributed by atoms with Gasteiger partial charge in [0.05, 0.1) is 16.1 Å².